The lowest BCUT2D eigenvalue weighted by Gasteiger charge is -2.04. The summed E-state index contributed by atoms with van der Waals surface area (Å²) in [7, 11) is 1.68. The number of ether oxygens (including phenoxy) is 1. The first kappa shape index (κ1) is 9.98. The Hall–Kier alpha value is -1.55. The maximum atomic E-state index is 5.81. The maximum Gasteiger partial charge on any atom is 0.140 e. The Morgan fingerprint density at radius 1 is 1.47 bits per heavy atom. The van der Waals surface area contributed by atoms with Crippen LogP contribution in [0.15, 0.2) is 12.3 Å². The third-order valence-electron chi connectivity index (χ3n) is 2.51. The number of nitrogens with zero attached hydrogens (tertiary/aromatic N) is 2. The Labute approximate surface area is 88.7 Å². The molecule has 2 heterocycles. The van der Waals surface area contributed by atoms with E-state index in [0.717, 1.165) is 28.3 Å². The number of anilines is 1. The van der Waals surface area contributed by atoms with Gasteiger partial charge in [0.2, 0.25) is 0 Å². The highest BCUT2D eigenvalue weighted by Crippen LogP contribution is 2.18. The van der Waals surface area contributed by atoms with Crippen molar-refractivity contribution in [3.8, 4) is 0 Å². The highest BCUT2D eigenvalue weighted by atomic mass is 16.5. The number of fused-ring (bicyclic) bond motifs is 1. The van der Waals surface area contributed by atoms with Gasteiger partial charge in [-0.3, -0.25) is 4.40 Å². The van der Waals surface area contributed by atoms with Gasteiger partial charge in [-0.2, -0.15) is 0 Å². The molecule has 0 aliphatic rings. The predicted octanol–water partition coefficient (Wildman–Crippen LogP) is 1.68. The first-order valence-corrected chi connectivity index (χ1v) is 4.86. The smallest absolute Gasteiger partial charge is 0.140 e. The number of nitrogens with two attached hydrogens (primary N) is 1. The van der Waals surface area contributed by atoms with Crippen molar-refractivity contribution in [1.29, 1.82) is 0 Å². The second kappa shape index (κ2) is 3.55. The Kier molecular flexibility index (Phi) is 2.36. The number of aryl methyl sites for hydroxylation is 2. The summed E-state index contributed by atoms with van der Waals surface area (Å²) in [5, 5.41) is 0. The number of imidazole rings is 1. The summed E-state index contributed by atoms with van der Waals surface area (Å²) in [6.07, 6.45) is 1.89. The zero-order valence-corrected chi connectivity index (χ0v) is 9.24. The van der Waals surface area contributed by atoms with Crippen LogP contribution in [0.4, 0.5) is 5.69 Å². The molecule has 0 aliphatic carbocycles. The quantitative estimate of drug-likeness (QED) is 0.811. The van der Waals surface area contributed by atoms with Crippen molar-refractivity contribution in [1.82, 2.24) is 9.38 Å². The first-order valence-electron chi connectivity index (χ1n) is 4.86. The van der Waals surface area contributed by atoms with Crippen LogP contribution >= 0.6 is 0 Å². The molecule has 0 saturated carbocycles. The summed E-state index contributed by atoms with van der Waals surface area (Å²) >= 11 is 0. The van der Waals surface area contributed by atoms with E-state index in [-0.39, 0.29) is 0 Å². The van der Waals surface area contributed by atoms with E-state index < -0.39 is 0 Å². The second-order valence-corrected chi connectivity index (χ2v) is 3.73. The third kappa shape index (κ3) is 1.57. The van der Waals surface area contributed by atoms with E-state index in [1.165, 1.54) is 0 Å². The van der Waals surface area contributed by atoms with E-state index in [1.54, 1.807) is 7.11 Å². The number of aromatic nitrogens is 2. The van der Waals surface area contributed by atoms with Gasteiger partial charge in [-0.25, -0.2) is 4.98 Å². The number of hydrogen-bond donors (Lipinski definition) is 1. The Balaban J connectivity index is 2.74. The summed E-state index contributed by atoms with van der Waals surface area (Å²) in [4.78, 5) is 4.50. The fourth-order valence-corrected chi connectivity index (χ4v) is 1.81. The number of nitrogen functional groups attached to an aromatic ring is 1. The minimum Gasteiger partial charge on any atom is -0.398 e. The minimum absolute atomic E-state index is 0.551. The number of pyridine rings is 1. The molecule has 2 aromatic heterocycles. The van der Waals surface area contributed by atoms with Gasteiger partial charge >= 0.3 is 0 Å². The van der Waals surface area contributed by atoms with Gasteiger partial charge in [-0.15, -0.1) is 0 Å². The number of methoxy groups -OCH3 is 1. The van der Waals surface area contributed by atoms with Gasteiger partial charge in [-0.1, -0.05) is 0 Å². The molecule has 15 heavy (non-hydrogen) atoms. The second-order valence-electron chi connectivity index (χ2n) is 3.73. The van der Waals surface area contributed by atoms with Gasteiger partial charge < -0.3 is 10.5 Å². The van der Waals surface area contributed by atoms with Crippen molar-refractivity contribution in [2.75, 3.05) is 12.8 Å². The normalized spacial score (nSPS) is 11.1. The van der Waals surface area contributed by atoms with E-state index in [2.05, 4.69) is 4.98 Å². The van der Waals surface area contributed by atoms with Crippen LogP contribution in [0.5, 0.6) is 0 Å². The van der Waals surface area contributed by atoms with Crippen molar-refractivity contribution in [3.63, 3.8) is 0 Å². The number of rotatable bonds is 2. The SMILES string of the molecule is COCc1c(C)nc2c(C)cc(N)cn12. The number of hydrogen-bond acceptors (Lipinski definition) is 3. The van der Waals surface area contributed by atoms with E-state index in [0.29, 0.717) is 6.61 Å². The molecule has 0 saturated heterocycles. The molecule has 0 atom stereocenters. The third-order valence-corrected chi connectivity index (χ3v) is 2.51. The molecule has 0 aliphatic heterocycles. The summed E-state index contributed by atoms with van der Waals surface area (Å²) in [5.74, 6) is 0. The first-order chi connectivity index (χ1) is 7.13. The molecule has 2 N–H and O–H groups in total. The van der Waals surface area contributed by atoms with E-state index in [1.807, 2.05) is 30.5 Å². The van der Waals surface area contributed by atoms with Crippen LogP contribution in [0.3, 0.4) is 0 Å². The lowest BCUT2D eigenvalue weighted by Crippen LogP contribution is -1.99. The molecular weight excluding hydrogens is 190 g/mol. The molecule has 2 aromatic rings. The zero-order valence-electron chi connectivity index (χ0n) is 9.24. The van der Waals surface area contributed by atoms with E-state index in [4.69, 9.17) is 10.5 Å². The molecule has 2 rings (SSSR count). The van der Waals surface area contributed by atoms with E-state index in [9.17, 15) is 0 Å². The van der Waals surface area contributed by atoms with Crippen LogP contribution in [-0.2, 0) is 11.3 Å². The van der Waals surface area contributed by atoms with Gasteiger partial charge in [0.05, 0.1) is 18.0 Å². The summed E-state index contributed by atoms with van der Waals surface area (Å²) in [6, 6.07) is 1.93. The molecule has 4 nitrogen and oxygen atoms in total. The molecule has 0 bridgehead atoms. The molecule has 0 aromatic carbocycles. The molecule has 0 radical (unpaired) electrons. The van der Waals surface area contributed by atoms with Crippen LogP contribution in [0, 0.1) is 13.8 Å². The lowest BCUT2D eigenvalue weighted by molar-refractivity contribution is 0.180. The van der Waals surface area contributed by atoms with Gasteiger partial charge in [0.25, 0.3) is 0 Å². The topological polar surface area (TPSA) is 52.5 Å². The van der Waals surface area contributed by atoms with Crippen LogP contribution in [0.2, 0.25) is 0 Å². The molecule has 0 fully saturated rings. The molecule has 0 unspecified atom stereocenters. The zero-order chi connectivity index (χ0) is 11.0. The minimum atomic E-state index is 0.551. The van der Waals surface area contributed by atoms with Crippen LogP contribution < -0.4 is 5.73 Å². The van der Waals surface area contributed by atoms with Crippen molar-refractivity contribution in [2.24, 2.45) is 0 Å². The Bertz CT molecular complexity index is 502. The van der Waals surface area contributed by atoms with Crippen LogP contribution in [0.1, 0.15) is 17.0 Å². The average Bonchev–Trinajstić information content (AvgIpc) is 2.46. The monoisotopic (exact) mass is 205 g/mol. The Morgan fingerprint density at radius 2 is 2.20 bits per heavy atom. The van der Waals surface area contributed by atoms with Crippen LogP contribution in [-0.4, -0.2) is 16.5 Å². The predicted molar refractivity (Wildman–Crippen MR) is 59.8 cm³/mol. The lowest BCUT2D eigenvalue weighted by atomic mass is 10.3. The summed E-state index contributed by atoms with van der Waals surface area (Å²) in [5.41, 5.74) is 10.6. The molecule has 80 valence electrons. The standard InChI is InChI=1S/C11H15N3O/c1-7-4-9(12)5-14-10(6-15-3)8(2)13-11(7)14/h4-5H,6,12H2,1-3H3. The molecule has 4 heteroatoms. The Morgan fingerprint density at radius 3 is 2.87 bits per heavy atom. The van der Waals surface area contributed by atoms with Gasteiger partial charge in [0.1, 0.15) is 5.65 Å². The molecule has 0 spiro atoms. The molecular formula is C11H15N3O. The molecule has 0 amide bonds. The highest BCUT2D eigenvalue weighted by Gasteiger charge is 2.10. The largest absolute Gasteiger partial charge is 0.398 e. The summed E-state index contributed by atoms with van der Waals surface area (Å²) in [6.45, 7) is 4.54. The fourth-order valence-electron chi connectivity index (χ4n) is 1.81. The van der Waals surface area contributed by atoms with Crippen molar-refractivity contribution < 1.29 is 4.74 Å². The van der Waals surface area contributed by atoms with Crippen LogP contribution in [0.25, 0.3) is 5.65 Å². The summed E-state index contributed by atoms with van der Waals surface area (Å²) < 4.78 is 7.16. The fraction of sp³-hybridized carbons (Fsp3) is 0.364. The van der Waals surface area contributed by atoms with Crippen molar-refractivity contribution in [3.05, 3.63) is 29.2 Å². The maximum absolute atomic E-state index is 5.81. The van der Waals surface area contributed by atoms with Gasteiger partial charge in [0.15, 0.2) is 0 Å². The highest BCUT2D eigenvalue weighted by molar-refractivity contribution is 5.56. The van der Waals surface area contributed by atoms with Gasteiger partial charge in [0, 0.05) is 19.0 Å². The average molecular weight is 205 g/mol. The van der Waals surface area contributed by atoms with Crippen molar-refractivity contribution >= 4 is 11.3 Å². The van der Waals surface area contributed by atoms with E-state index >= 15 is 0 Å². The van der Waals surface area contributed by atoms with Gasteiger partial charge in [-0.05, 0) is 25.5 Å². The van der Waals surface area contributed by atoms with Crippen molar-refractivity contribution in [2.45, 2.75) is 20.5 Å².